The van der Waals surface area contributed by atoms with E-state index in [4.69, 9.17) is 28.4 Å². The number of nitrogens with one attached hydrogen (secondary N) is 1. The second kappa shape index (κ2) is 35.6. The molecular weight excluding hydrogens is 903 g/mol. The molecule has 12 N–H and O–H groups in total. The molecule has 3 heterocycles. The Morgan fingerprint density at radius 1 is 0.507 bits per heavy atom. The van der Waals surface area contributed by atoms with Crippen LogP contribution in [0.4, 0.5) is 0 Å². The van der Waals surface area contributed by atoms with Crippen molar-refractivity contribution in [1.82, 2.24) is 5.32 Å². The molecule has 19 nitrogen and oxygen atoms in total. The molecule has 3 aliphatic rings. The van der Waals surface area contributed by atoms with Crippen LogP contribution in [0.5, 0.6) is 0 Å². The number of amides is 1. The lowest BCUT2D eigenvalue weighted by Gasteiger charge is -2.48. The average molecular weight is 996 g/mol. The molecule has 17 atom stereocenters. The lowest BCUT2D eigenvalue weighted by atomic mass is 9.96. The van der Waals surface area contributed by atoms with E-state index in [2.05, 4.69) is 12.2 Å². The van der Waals surface area contributed by atoms with E-state index >= 15 is 0 Å². The highest BCUT2D eigenvalue weighted by Gasteiger charge is 2.53. The largest absolute Gasteiger partial charge is 0.394 e. The number of rotatable bonds is 37. The van der Waals surface area contributed by atoms with Gasteiger partial charge in [0.2, 0.25) is 5.91 Å². The Balaban J connectivity index is 1.39. The Morgan fingerprint density at radius 2 is 0.899 bits per heavy atom. The Labute approximate surface area is 410 Å². The van der Waals surface area contributed by atoms with Crippen molar-refractivity contribution in [3.63, 3.8) is 0 Å². The van der Waals surface area contributed by atoms with Gasteiger partial charge in [0.05, 0.1) is 38.6 Å². The van der Waals surface area contributed by atoms with Gasteiger partial charge in [-0.3, -0.25) is 4.79 Å². The molecule has 0 aromatic heterocycles. The van der Waals surface area contributed by atoms with E-state index in [0.717, 1.165) is 25.7 Å². The molecule has 1 amide bonds. The summed E-state index contributed by atoms with van der Waals surface area (Å²) in [6.45, 7) is 1.48. The van der Waals surface area contributed by atoms with Crippen LogP contribution in [0.25, 0.3) is 0 Å². The Hall–Kier alpha value is -1.47. The number of unbranched alkanes of at least 4 members (excludes halogenated alkanes) is 21. The first-order chi connectivity index (χ1) is 33.3. The molecule has 0 radical (unpaired) electrons. The minimum atomic E-state index is -1.97. The molecule has 0 aromatic carbocycles. The fourth-order valence-corrected chi connectivity index (χ4v) is 9.14. The Morgan fingerprint density at radius 3 is 1.33 bits per heavy atom. The highest BCUT2D eigenvalue weighted by Crippen LogP contribution is 2.33. The zero-order valence-electron chi connectivity index (χ0n) is 41.5. The first-order valence-electron chi connectivity index (χ1n) is 26.4. The lowest BCUT2D eigenvalue weighted by molar-refractivity contribution is -0.379. The monoisotopic (exact) mass is 996 g/mol. The molecule has 406 valence electrons. The van der Waals surface area contributed by atoms with Crippen molar-refractivity contribution in [3.05, 3.63) is 12.2 Å². The third kappa shape index (κ3) is 21.5. The van der Waals surface area contributed by atoms with Crippen LogP contribution in [0.2, 0.25) is 0 Å². The summed E-state index contributed by atoms with van der Waals surface area (Å²) in [6.07, 6.45) is 4.89. The number of carbonyl (C=O) groups is 1. The van der Waals surface area contributed by atoms with Gasteiger partial charge < -0.3 is 89.9 Å². The third-order valence-corrected chi connectivity index (χ3v) is 13.6. The SMILES string of the molecule is CCC/C=C/C(O)C(COC1OC(CO)C(OC2OC(CO)C(OC3OC(CO)C(O)C(O)C3O)C(O)C2O)C(O)C1O)NC(=O)CCCCCCCCCCCCCCCCCCCCCCC. The molecule has 0 bridgehead atoms. The summed E-state index contributed by atoms with van der Waals surface area (Å²) in [5.74, 6) is -0.286. The number of hydrogen-bond acceptors (Lipinski definition) is 18. The summed E-state index contributed by atoms with van der Waals surface area (Å²) < 4.78 is 33.9. The molecule has 69 heavy (non-hydrogen) atoms. The standard InChI is InChI=1S/C50H93NO18/c1-3-5-7-8-9-10-11-12-13-14-15-16-17-18-19-20-21-22-23-24-26-28-38(56)51-33(34(55)27-25-6-4-2)32-64-48-44(62)41(59)46(36(30-53)66-48)69-50-45(63)42(60)47(37(31-54)67-50)68-49-43(61)40(58)39(57)35(29-52)65-49/h25,27,33-37,39-50,52-55,57-63H,3-24,26,28-32H2,1-2H3,(H,51,56)/b27-25+. The van der Waals surface area contributed by atoms with Crippen molar-refractivity contribution in [2.45, 2.75) is 272 Å². The van der Waals surface area contributed by atoms with Crippen molar-refractivity contribution in [2.75, 3.05) is 26.4 Å². The van der Waals surface area contributed by atoms with Crippen molar-refractivity contribution in [3.8, 4) is 0 Å². The highest BCUT2D eigenvalue weighted by atomic mass is 16.8. The molecule has 0 spiro atoms. The fraction of sp³-hybridized carbons (Fsp3) is 0.940. The summed E-state index contributed by atoms with van der Waals surface area (Å²) in [6, 6.07) is -0.962. The van der Waals surface area contributed by atoms with E-state index in [-0.39, 0.29) is 18.9 Å². The van der Waals surface area contributed by atoms with Gasteiger partial charge in [-0.05, 0) is 12.8 Å². The number of ether oxygens (including phenoxy) is 6. The van der Waals surface area contributed by atoms with Crippen LogP contribution in [0.1, 0.15) is 168 Å². The average Bonchev–Trinajstić information content (AvgIpc) is 3.34. The molecular formula is C50H93NO18. The minimum Gasteiger partial charge on any atom is -0.394 e. The van der Waals surface area contributed by atoms with Gasteiger partial charge >= 0.3 is 0 Å². The van der Waals surface area contributed by atoms with Crippen LogP contribution in [0.3, 0.4) is 0 Å². The Kier molecular flexibility index (Phi) is 31.9. The van der Waals surface area contributed by atoms with E-state index in [0.29, 0.717) is 12.8 Å². The first kappa shape index (κ1) is 61.8. The minimum absolute atomic E-state index is 0.245. The van der Waals surface area contributed by atoms with Crippen molar-refractivity contribution in [2.24, 2.45) is 0 Å². The van der Waals surface area contributed by atoms with Gasteiger partial charge in [0.25, 0.3) is 0 Å². The van der Waals surface area contributed by atoms with E-state index < -0.39 is 124 Å². The van der Waals surface area contributed by atoms with Crippen LogP contribution < -0.4 is 5.32 Å². The summed E-state index contributed by atoms with van der Waals surface area (Å²) in [5.41, 5.74) is 0. The molecule has 3 aliphatic heterocycles. The molecule has 0 aliphatic carbocycles. The van der Waals surface area contributed by atoms with Gasteiger partial charge in [-0.25, -0.2) is 0 Å². The van der Waals surface area contributed by atoms with E-state index in [1.54, 1.807) is 12.2 Å². The van der Waals surface area contributed by atoms with Crippen LogP contribution in [-0.4, -0.2) is 193 Å². The summed E-state index contributed by atoms with van der Waals surface area (Å²) in [5, 5.41) is 119. The molecule has 0 saturated carbocycles. The zero-order valence-corrected chi connectivity index (χ0v) is 41.5. The van der Waals surface area contributed by atoms with Crippen molar-refractivity contribution in [1.29, 1.82) is 0 Å². The fourth-order valence-electron chi connectivity index (χ4n) is 9.14. The van der Waals surface area contributed by atoms with Crippen LogP contribution in [-0.2, 0) is 33.2 Å². The summed E-state index contributed by atoms with van der Waals surface area (Å²) in [4.78, 5) is 13.1. The van der Waals surface area contributed by atoms with E-state index in [1.807, 2.05) is 6.92 Å². The Bertz CT molecular complexity index is 1330. The number of allylic oxidation sites excluding steroid dienone is 1. The lowest BCUT2D eigenvalue weighted by Crippen LogP contribution is -2.66. The first-order valence-corrected chi connectivity index (χ1v) is 26.4. The van der Waals surface area contributed by atoms with E-state index in [1.165, 1.54) is 109 Å². The van der Waals surface area contributed by atoms with Gasteiger partial charge in [-0.2, -0.15) is 0 Å². The molecule has 3 rings (SSSR count). The summed E-state index contributed by atoms with van der Waals surface area (Å²) >= 11 is 0. The predicted octanol–water partition coefficient (Wildman–Crippen LogP) is 2.26. The van der Waals surface area contributed by atoms with Crippen molar-refractivity contribution >= 4 is 5.91 Å². The van der Waals surface area contributed by atoms with Crippen LogP contribution in [0.15, 0.2) is 12.2 Å². The van der Waals surface area contributed by atoms with Gasteiger partial charge in [0, 0.05) is 6.42 Å². The van der Waals surface area contributed by atoms with Crippen molar-refractivity contribution < 1.29 is 89.4 Å². The molecule has 3 fully saturated rings. The molecule has 19 heteroatoms. The third-order valence-electron chi connectivity index (χ3n) is 13.6. The second-order valence-corrected chi connectivity index (χ2v) is 19.3. The number of aliphatic hydroxyl groups is 11. The maximum absolute atomic E-state index is 13.1. The number of carbonyl (C=O) groups excluding carboxylic acids is 1. The molecule has 0 aromatic rings. The zero-order chi connectivity index (χ0) is 50.6. The molecule has 3 saturated heterocycles. The van der Waals surface area contributed by atoms with Gasteiger partial charge in [0.1, 0.15) is 73.2 Å². The highest BCUT2D eigenvalue weighted by molar-refractivity contribution is 5.76. The van der Waals surface area contributed by atoms with Gasteiger partial charge in [-0.15, -0.1) is 0 Å². The maximum atomic E-state index is 13.1. The quantitative estimate of drug-likeness (QED) is 0.0314. The van der Waals surface area contributed by atoms with Gasteiger partial charge in [-0.1, -0.05) is 161 Å². The molecule has 17 unspecified atom stereocenters. The number of hydrogen-bond donors (Lipinski definition) is 12. The van der Waals surface area contributed by atoms with E-state index in [9.17, 15) is 61.0 Å². The smallest absolute Gasteiger partial charge is 0.220 e. The predicted molar refractivity (Wildman–Crippen MR) is 254 cm³/mol. The van der Waals surface area contributed by atoms with Gasteiger partial charge in [0.15, 0.2) is 18.9 Å². The van der Waals surface area contributed by atoms with Crippen LogP contribution >= 0.6 is 0 Å². The number of aliphatic hydroxyl groups excluding tert-OH is 11. The van der Waals surface area contributed by atoms with Crippen LogP contribution in [0, 0.1) is 0 Å². The normalized spacial score (nSPS) is 32.9. The maximum Gasteiger partial charge on any atom is 0.220 e. The topological polar surface area (TPSA) is 307 Å². The summed E-state index contributed by atoms with van der Waals surface area (Å²) in [7, 11) is 0. The second-order valence-electron chi connectivity index (χ2n) is 19.3.